The lowest BCUT2D eigenvalue weighted by Crippen LogP contribution is -2.24. The normalized spacial score (nSPS) is 15.7. The number of fused-ring (bicyclic) bond motifs is 1. The lowest BCUT2D eigenvalue weighted by Gasteiger charge is -2.13. The lowest BCUT2D eigenvalue weighted by molar-refractivity contribution is -0.119. The summed E-state index contributed by atoms with van der Waals surface area (Å²) in [7, 11) is 4.44. The van der Waals surface area contributed by atoms with Crippen molar-refractivity contribution in [2.75, 3.05) is 34.5 Å². The van der Waals surface area contributed by atoms with Crippen LogP contribution in [0.2, 0.25) is 0 Å². The number of carbonyl (C=O) groups excluding carboxylic acids is 2. The Morgan fingerprint density at radius 2 is 1.86 bits per heavy atom. The molecule has 146 valence electrons. The van der Waals surface area contributed by atoms with Gasteiger partial charge in [0, 0.05) is 24.6 Å². The van der Waals surface area contributed by atoms with E-state index in [9.17, 15) is 9.59 Å². The highest BCUT2D eigenvalue weighted by molar-refractivity contribution is 6.50. The van der Waals surface area contributed by atoms with Crippen LogP contribution in [0.3, 0.4) is 0 Å². The van der Waals surface area contributed by atoms with Crippen molar-refractivity contribution in [3.63, 3.8) is 0 Å². The predicted molar refractivity (Wildman–Crippen MR) is 100 cm³/mol. The minimum Gasteiger partial charge on any atom is -0.493 e. The summed E-state index contributed by atoms with van der Waals surface area (Å²) in [5.41, 5.74) is 0.649. The minimum absolute atomic E-state index is 0.0241. The number of carbonyl (C=O) groups is 2. The predicted octanol–water partition coefficient (Wildman–Crippen LogP) is 1.81. The van der Waals surface area contributed by atoms with Gasteiger partial charge >= 0.3 is 0 Å². The van der Waals surface area contributed by atoms with Gasteiger partial charge in [-0.25, -0.2) is 15.0 Å². The van der Waals surface area contributed by atoms with Gasteiger partial charge in [0.1, 0.15) is 12.9 Å². The van der Waals surface area contributed by atoms with Crippen molar-refractivity contribution in [2.45, 2.75) is 6.42 Å². The van der Waals surface area contributed by atoms with Crippen molar-refractivity contribution in [1.29, 1.82) is 0 Å². The van der Waals surface area contributed by atoms with Gasteiger partial charge < -0.3 is 18.9 Å². The third kappa shape index (κ3) is 3.99. The summed E-state index contributed by atoms with van der Waals surface area (Å²) in [6.45, 7) is 0.778. The van der Waals surface area contributed by atoms with E-state index >= 15 is 0 Å². The van der Waals surface area contributed by atoms with E-state index in [2.05, 4.69) is 15.0 Å². The molecule has 0 bridgehead atoms. The van der Waals surface area contributed by atoms with Crippen molar-refractivity contribution < 1.29 is 28.5 Å². The maximum atomic E-state index is 12.2. The summed E-state index contributed by atoms with van der Waals surface area (Å²) in [4.78, 5) is 36.9. The van der Waals surface area contributed by atoms with Crippen molar-refractivity contribution >= 4 is 34.0 Å². The van der Waals surface area contributed by atoms with Crippen LogP contribution < -0.4 is 9.47 Å². The molecule has 1 aliphatic carbocycles. The van der Waals surface area contributed by atoms with Crippen molar-refractivity contribution in [1.82, 2.24) is 9.97 Å². The third-order valence-corrected chi connectivity index (χ3v) is 4.05. The van der Waals surface area contributed by atoms with E-state index in [1.807, 2.05) is 0 Å². The number of ketones is 2. The average molecular weight is 385 g/mol. The van der Waals surface area contributed by atoms with E-state index < -0.39 is 5.78 Å². The Bertz CT molecular complexity index is 983. The molecule has 0 fully saturated rings. The fraction of sp³-hybridized carbons (Fsp3) is 0.316. The zero-order valence-corrected chi connectivity index (χ0v) is 15.7. The summed E-state index contributed by atoms with van der Waals surface area (Å²) < 4.78 is 20.9. The molecule has 0 unspecified atom stereocenters. The molecule has 0 N–H and O–H groups in total. The van der Waals surface area contributed by atoms with E-state index in [1.54, 1.807) is 19.2 Å². The van der Waals surface area contributed by atoms with E-state index in [0.717, 1.165) is 6.08 Å². The van der Waals surface area contributed by atoms with Gasteiger partial charge in [0.05, 0.1) is 38.5 Å². The molecule has 28 heavy (non-hydrogen) atoms. The van der Waals surface area contributed by atoms with Crippen LogP contribution in [-0.2, 0) is 19.1 Å². The number of hydrogen-bond acceptors (Lipinski definition) is 9. The van der Waals surface area contributed by atoms with Gasteiger partial charge in [0.25, 0.3) is 0 Å². The first kappa shape index (κ1) is 19.4. The molecule has 0 spiro atoms. The first-order valence-corrected chi connectivity index (χ1v) is 8.42. The standard InChI is InChI=1S/C19H19N3O6/c1-25-4-5-28-18-8-12-11(6-17(18)27-3)19(21-10-20-12)22-13-7-15(24)16(26-2)9-14(13)23/h6,8-10H,4-5,7H2,1-3H3. The Morgan fingerprint density at radius 3 is 2.57 bits per heavy atom. The molecular formula is C19H19N3O6. The highest BCUT2D eigenvalue weighted by Gasteiger charge is 2.25. The molecule has 0 atom stereocenters. The number of rotatable bonds is 7. The van der Waals surface area contributed by atoms with Crippen LogP contribution in [0, 0.1) is 0 Å². The number of allylic oxidation sites excluding steroid dienone is 2. The SMILES string of the molecule is COCCOc1cc2ncnc(N=C3CC(=O)C(OC)=CC3=O)c2cc1OC. The van der Waals surface area contributed by atoms with Gasteiger partial charge in [-0.15, -0.1) is 0 Å². The van der Waals surface area contributed by atoms with E-state index in [1.165, 1.54) is 20.5 Å². The van der Waals surface area contributed by atoms with Crippen LogP contribution in [0.4, 0.5) is 5.82 Å². The van der Waals surface area contributed by atoms with Gasteiger partial charge in [0.2, 0.25) is 11.6 Å². The zero-order valence-electron chi connectivity index (χ0n) is 15.7. The maximum Gasteiger partial charge on any atom is 0.204 e. The zero-order chi connectivity index (χ0) is 20.1. The van der Waals surface area contributed by atoms with Gasteiger partial charge in [-0.3, -0.25) is 9.59 Å². The van der Waals surface area contributed by atoms with E-state index in [0.29, 0.717) is 35.6 Å². The fourth-order valence-corrected chi connectivity index (χ4v) is 2.65. The number of methoxy groups -OCH3 is 3. The summed E-state index contributed by atoms with van der Waals surface area (Å²) in [5, 5.41) is 0.563. The molecule has 1 aromatic heterocycles. The van der Waals surface area contributed by atoms with Crippen LogP contribution in [0.1, 0.15) is 6.42 Å². The molecule has 3 rings (SSSR count). The molecule has 1 aliphatic rings. The lowest BCUT2D eigenvalue weighted by atomic mass is 10.0. The molecule has 0 radical (unpaired) electrons. The minimum atomic E-state index is -0.394. The first-order chi connectivity index (χ1) is 13.6. The van der Waals surface area contributed by atoms with Crippen LogP contribution >= 0.6 is 0 Å². The van der Waals surface area contributed by atoms with Gasteiger partial charge in [-0.05, 0) is 6.07 Å². The quantitative estimate of drug-likeness (QED) is 0.664. The summed E-state index contributed by atoms with van der Waals surface area (Å²) in [5.74, 6) is 0.543. The highest BCUT2D eigenvalue weighted by Crippen LogP contribution is 2.35. The number of benzene rings is 1. The van der Waals surface area contributed by atoms with Crippen molar-refractivity contribution in [3.8, 4) is 11.5 Å². The number of aromatic nitrogens is 2. The topological polar surface area (TPSA) is 109 Å². The van der Waals surface area contributed by atoms with Gasteiger partial charge in [0.15, 0.2) is 23.1 Å². The fourth-order valence-electron chi connectivity index (χ4n) is 2.65. The summed E-state index contributed by atoms with van der Waals surface area (Å²) in [6.07, 6.45) is 2.31. The first-order valence-electron chi connectivity index (χ1n) is 8.42. The molecule has 1 heterocycles. The van der Waals surface area contributed by atoms with Gasteiger partial charge in [-0.1, -0.05) is 0 Å². The molecule has 2 aromatic rings. The molecule has 0 saturated heterocycles. The monoisotopic (exact) mass is 385 g/mol. The summed E-state index contributed by atoms with van der Waals surface area (Å²) >= 11 is 0. The van der Waals surface area contributed by atoms with Gasteiger partial charge in [-0.2, -0.15) is 0 Å². The Kier molecular flexibility index (Phi) is 5.95. The second-order valence-corrected chi connectivity index (χ2v) is 5.79. The highest BCUT2D eigenvalue weighted by atomic mass is 16.5. The van der Waals surface area contributed by atoms with Crippen LogP contribution in [0.5, 0.6) is 11.5 Å². The van der Waals surface area contributed by atoms with Crippen molar-refractivity contribution in [2.24, 2.45) is 4.99 Å². The Morgan fingerprint density at radius 1 is 1.04 bits per heavy atom. The molecule has 1 aromatic carbocycles. The molecule has 9 nitrogen and oxygen atoms in total. The van der Waals surface area contributed by atoms with E-state index in [4.69, 9.17) is 18.9 Å². The molecular weight excluding hydrogens is 366 g/mol. The average Bonchev–Trinajstić information content (AvgIpc) is 2.70. The number of Topliss-reactive ketones (excluding diaryl/α,β-unsaturated/α-hetero) is 1. The Labute approximate surface area is 161 Å². The number of ether oxygens (including phenoxy) is 4. The molecule has 0 aliphatic heterocycles. The number of nitrogens with zero attached hydrogens (tertiary/aromatic N) is 3. The Hall–Kier alpha value is -3.33. The Balaban J connectivity index is 2.02. The second kappa shape index (κ2) is 8.57. The van der Waals surface area contributed by atoms with E-state index in [-0.39, 0.29) is 29.5 Å². The smallest absolute Gasteiger partial charge is 0.204 e. The largest absolute Gasteiger partial charge is 0.493 e. The third-order valence-electron chi connectivity index (χ3n) is 4.05. The van der Waals surface area contributed by atoms with Crippen LogP contribution in [0.25, 0.3) is 10.9 Å². The summed E-state index contributed by atoms with van der Waals surface area (Å²) in [6, 6.07) is 3.38. The maximum absolute atomic E-state index is 12.2. The van der Waals surface area contributed by atoms with Crippen molar-refractivity contribution in [3.05, 3.63) is 30.3 Å². The molecule has 9 heteroatoms. The number of hydrogen-bond donors (Lipinski definition) is 0. The number of aliphatic imine (C=N–C) groups is 1. The van der Waals surface area contributed by atoms with Crippen LogP contribution in [-0.4, -0.2) is 61.8 Å². The molecule has 0 amide bonds. The van der Waals surface area contributed by atoms with Crippen LogP contribution in [0.15, 0.2) is 35.3 Å². The second-order valence-electron chi connectivity index (χ2n) is 5.79. The molecule has 0 saturated carbocycles.